The first kappa shape index (κ1) is 12.0. The Balaban J connectivity index is 2.01. The topological polar surface area (TPSA) is 33.4 Å². The number of aromatic nitrogens is 3. The summed E-state index contributed by atoms with van der Waals surface area (Å²) in [6, 6.07) is 4.26. The number of rotatable bonds is 1. The third-order valence-electron chi connectivity index (χ3n) is 3.70. The molecular formula is C13H17BrN4. The summed E-state index contributed by atoms with van der Waals surface area (Å²) in [4.78, 5) is 7.23. The number of alkyl halides is 1. The summed E-state index contributed by atoms with van der Waals surface area (Å²) in [5, 5.41) is 4.33. The van der Waals surface area contributed by atoms with Crippen LogP contribution in [0.1, 0.15) is 18.9 Å². The van der Waals surface area contributed by atoms with E-state index in [1.807, 2.05) is 4.52 Å². The number of piperidine rings is 1. The van der Waals surface area contributed by atoms with Crippen LogP contribution in [0.2, 0.25) is 0 Å². The average molecular weight is 309 g/mol. The van der Waals surface area contributed by atoms with Gasteiger partial charge < -0.3 is 4.90 Å². The first-order valence-electron chi connectivity index (χ1n) is 6.34. The van der Waals surface area contributed by atoms with Crippen LogP contribution < -0.4 is 4.90 Å². The van der Waals surface area contributed by atoms with E-state index in [9.17, 15) is 0 Å². The minimum atomic E-state index is 0.547. The minimum Gasteiger partial charge on any atom is -0.355 e. The van der Waals surface area contributed by atoms with Crippen molar-refractivity contribution >= 4 is 27.4 Å². The largest absolute Gasteiger partial charge is 0.355 e. The van der Waals surface area contributed by atoms with Crippen molar-refractivity contribution in [2.75, 3.05) is 18.0 Å². The van der Waals surface area contributed by atoms with Gasteiger partial charge in [-0.3, -0.25) is 0 Å². The van der Waals surface area contributed by atoms with Gasteiger partial charge >= 0.3 is 0 Å². The van der Waals surface area contributed by atoms with Crippen molar-refractivity contribution in [3.05, 3.63) is 24.0 Å². The number of aryl methyl sites for hydroxylation is 1. The van der Waals surface area contributed by atoms with Gasteiger partial charge in [0.1, 0.15) is 12.1 Å². The quantitative estimate of drug-likeness (QED) is 0.759. The number of halogens is 1. The van der Waals surface area contributed by atoms with Gasteiger partial charge in [-0.1, -0.05) is 22.9 Å². The number of nitrogens with zero attached hydrogens (tertiary/aromatic N) is 4. The first-order chi connectivity index (χ1) is 8.65. The molecule has 0 saturated carbocycles. The highest BCUT2D eigenvalue weighted by Gasteiger charge is 2.25. The van der Waals surface area contributed by atoms with Crippen LogP contribution in [0.4, 0.5) is 5.82 Å². The van der Waals surface area contributed by atoms with E-state index in [0.717, 1.165) is 30.5 Å². The zero-order valence-corrected chi connectivity index (χ0v) is 12.3. The molecule has 1 aliphatic rings. The molecule has 3 heterocycles. The van der Waals surface area contributed by atoms with E-state index >= 15 is 0 Å². The molecule has 3 rings (SSSR count). The summed E-state index contributed by atoms with van der Waals surface area (Å²) < 4.78 is 1.93. The molecule has 4 nitrogen and oxygen atoms in total. The lowest BCUT2D eigenvalue weighted by molar-refractivity contribution is 0.452. The molecular weight excluding hydrogens is 292 g/mol. The number of fused-ring (bicyclic) bond motifs is 1. The zero-order chi connectivity index (χ0) is 12.7. The van der Waals surface area contributed by atoms with Crippen LogP contribution in [0, 0.1) is 12.8 Å². The standard InChI is InChI=1S/C13H17BrN4/c1-9-5-12-15-8-16-18(12)13(6-9)17-4-3-10(2)11(14)7-17/h5-6,8,10-11H,3-4,7H2,1-2H3. The monoisotopic (exact) mass is 308 g/mol. The molecule has 2 unspecified atom stereocenters. The van der Waals surface area contributed by atoms with E-state index in [2.05, 4.69) is 56.9 Å². The molecule has 0 bridgehead atoms. The Kier molecular flexibility index (Phi) is 3.01. The number of anilines is 1. The van der Waals surface area contributed by atoms with Crippen molar-refractivity contribution in [2.24, 2.45) is 5.92 Å². The van der Waals surface area contributed by atoms with Gasteiger partial charge in [-0.25, -0.2) is 4.98 Å². The normalized spacial score (nSPS) is 24.7. The van der Waals surface area contributed by atoms with E-state index in [-0.39, 0.29) is 0 Å². The Hall–Kier alpha value is -1.10. The molecule has 18 heavy (non-hydrogen) atoms. The SMILES string of the molecule is Cc1cc(N2CCC(C)C(Br)C2)n2ncnc2c1. The Morgan fingerprint density at radius 3 is 3.00 bits per heavy atom. The molecule has 1 saturated heterocycles. The molecule has 2 atom stereocenters. The number of hydrogen-bond acceptors (Lipinski definition) is 3. The van der Waals surface area contributed by atoms with E-state index in [4.69, 9.17) is 0 Å². The van der Waals surface area contributed by atoms with E-state index in [1.165, 1.54) is 12.0 Å². The second-order valence-corrected chi connectivity index (χ2v) is 6.33. The summed E-state index contributed by atoms with van der Waals surface area (Å²) in [5.41, 5.74) is 2.16. The first-order valence-corrected chi connectivity index (χ1v) is 7.26. The zero-order valence-electron chi connectivity index (χ0n) is 10.7. The summed E-state index contributed by atoms with van der Waals surface area (Å²) >= 11 is 3.78. The van der Waals surface area contributed by atoms with Gasteiger partial charge in [-0.2, -0.15) is 9.61 Å². The maximum Gasteiger partial charge on any atom is 0.157 e. The van der Waals surface area contributed by atoms with Crippen LogP contribution in [0.15, 0.2) is 18.5 Å². The molecule has 2 aromatic rings. The predicted molar refractivity (Wildman–Crippen MR) is 76.4 cm³/mol. The molecule has 0 amide bonds. The number of pyridine rings is 1. The van der Waals surface area contributed by atoms with Crippen LogP contribution >= 0.6 is 15.9 Å². The van der Waals surface area contributed by atoms with Crippen LogP contribution in [0.25, 0.3) is 5.65 Å². The molecule has 1 aliphatic heterocycles. The lowest BCUT2D eigenvalue weighted by atomic mass is 9.99. The lowest BCUT2D eigenvalue weighted by Crippen LogP contribution is -2.41. The summed E-state index contributed by atoms with van der Waals surface area (Å²) in [6.45, 7) is 6.52. The highest BCUT2D eigenvalue weighted by molar-refractivity contribution is 9.09. The van der Waals surface area contributed by atoms with Gasteiger partial charge in [0, 0.05) is 17.9 Å². The minimum absolute atomic E-state index is 0.547. The van der Waals surface area contributed by atoms with Gasteiger partial charge in [0.2, 0.25) is 0 Å². The van der Waals surface area contributed by atoms with Gasteiger partial charge in [0.05, 0.1) is 0 Å². The van der Waals surface area contributed by atoms with Gasteiger partial charge in [-0.15, -0.1) is 0 Å². The molecule has 0 N–H and O–H groups in total. The predicted octanol–water partition coefficient (Wildman–Crippen LogP) is 2.65. The van der Waals surface area contributed by atoms with Crippen molar-refractivity contribution in [1.82, 2.24) is 14.6 Å². The summed E-state index contributed by atoms with van der Waals surface area (Å²) in [7, 11) is 0. The Labute approximate surface area is 115 Å². The summed E-state index contributed by atoms with van der Waals surface area (Å²) in [5.74, 6) is 1.89. The van der Waals surface area contributed by atoms with Crippen LogP contribution in [-0.4, -0.2) is 32.5 Å². The summed E-state index contributed by atoms with van der Waals surface area (Å²) in [6.07, 6.45) is 2.83. The molecule has 0 spiro atoms. The van der Waals surface area contributed by atoms with Crippen LogP contribution in [0.5, 0.6) is 0 Å². The van der Waals surface area contributed by atoms with Crippen molar-refractivity contribution in [3.63, 3.8) is 0 Å². The Morgan fingerprint density at radius 2 is 2.22 bits per heavy atom. The van der Waals surface area contributed by atoms with Gasteiger partial charge in [0.25, 0.3) is 0 Å². The Bertz CT molecular complexity index is 565. The molecule has 96 valence electrons. The third-order valence-corrected chi connectivity index (χ3v) is 4.89. The molecule has 1 fully saturated rings. The molecule has 0 aliphatic carbocycles. The fourth-order valence-corrected chi connectivity index (χ4v) is 3.10. The maximum absolute atomic E-state index is 4.33. The van der Waals surface area contributed by atoms with Crippen molar-refractivity contribution in [3.8, 4) is 0 Å². The van der Waals surface area contributed by atoms with Gasteiger partial charge in [0.15, 0.2) is 5.65 Å². The lowest BCUT2D eigenvalue weighted by Gasteiger charge is -2.35. The Morgan fingerprint density at radius 1 is 1.39 bits per heavy atom. The number of hydrogen-bond donors (Lipinski definition) is 0. The van der Waals surface area contributed by atoms with Gasteiger partial charge in [-0.05, 0) is 37.0 Å². The molecule has 0 aromatic carbocycles. The fraction of sp³-hybridized carbons (Fsp3) is 0.538. The fourth-order valence-electron chi connectivity index (χ4n) is 2.49. The van der Waals surface area contributed by atoms with Crippen molar-refractivity contribution in [1.29, 1.82) is 0 Å². The van der Waals surface area contributed by atoms with Crippen LogP contribution in [-0.2, 0) is 0 Å². The van der Waals surface area contributed by atoms with E-state index in [1.54, 1.807) is 6.33 Å². The van der Waals surface area contributed by atoms with Crippen molar-refractivity contribution in [2.45, 2.75) is 25.1 Å². The van der Waals surface area contributed by atoms with E-state index in [0.29, 0.717) is 4.83 Å². The van der Waals surface area contributed by atoms with E-state index < -0.39 is 0 Å². The van der Waals surface area contributed by atoms with Crippen molar-refractivity contribution < 1.29 is 0 Å². The second kappa shape index (κ2) is 4.53. The molecule has 0 radical (unpaired) electrons. The molecule has 5 heteroatoms. The highest BCUT2D eigenvalue weighted by Crippen LogP contribution is 2.28. The van der Waals surface area contributed by atoms with Crippen LogP contribution in [0.3, 0.4) is 0 Å². The highest BCUT2D eigenvalue weighted by atomic mass is 79.9. The molecule has 2 aromatic heterocycles. The smallest absolute Gasteiger partial charge is 0.157 e. The second-order valence-electron chi connectivity index (χ2n) is 5.15. The third kappa shape index (κ3) is 2.00. The maximum atomic E-state index is 4.33. The average Bonchev–Trinajstić information content (AvgIpc) is 2.79.